The van der Waals surface area contributed by atoms with Crippen molar-refractivity contribution < 1.29 is 13.5 Å². The SMILES string of the molecule is CC(O)CC1CCCN1S(=O)(=O)CC1CC1. The molecule has 0 radical (unpaired) electrons. The van der Waals surface area contributed by atoms with E-state index in [0.717, 1.165) is 25.7 Å². The van der Waals surface area contributed by atoms with Gasteiger partial charge in [0.25, 0.3) is 0 Å². The van der Waals surface area contributed by atoms with Crippen molar-refractivity contribution in [2.24, 2.45) is 5.92 Å². The summed E-state index contributed by atoms with van der Waals surface area (Å²) in [4.78, 5) is 0. The zero-order chi connectivity index (χ0) is 11.8. The third-order valence-electron chi connectivity index (χ3n) is 3.44. The van der Waals surface area contributed by atoms with E-state index in [0.29, 0.717) is 24.6 Å². The lowest BCUT2D eigenvalue weighted by molar-refractivity contribution is 0.158. The maximum atomic E-state index is 12.1. The first kappa shape index (κ1) is 12.3. The Bertz CT molecular complexity index is 335. The highest BCUT2D eigenvalue weighted by Crippen LogP contribution is 2.33. The van der Waals surface area contributed by atoms with Gasteiger partial charge in [0.1, 0.15) is 0 Å². The molecule has 1 aliphatic carbocycles. The summed E-state index contributed by atoms with van der Waals surface area (Å²) in [5.41, 5.74) is 0. The summed E-state index contributed by atoms with van der Waals surface area (Å²) in [5, 5.41) is 9.37. The Morgan fingerprint density at radius 2 is 2.06 bits per heavy atom. The first-order chi connectivity index (χ1) is 7.49. The van der Waals surface area contributed by atoms with Gasteiger partial charge < -0.3 is 5.11 Å². The maximum Gasteiger partial charge on any atom is 0.214 e. The Hall–Kier alpha value is -0.130. The van der Waals surface area contributed by atoms with E-state index >= 15 is 0 Å². The van der Waals surface area contributed by atoms with Crippen molar-refractivity contribution in [3.63, 3.8) is 0 Å². The predicted octanol–water partition coefficient (Wildman–Crippen LogP) is 0.962. The smallest absolute Gasteiger partial charge is 0.214 e. The number of hydrogen-bond acceptors (Lipinski definition) is 3. The molecular formula is C11H21NO3S. The Morgan fingerprint density at radius 3 is 2.62 bits per heavy atom. The summed E-state index contributed by atoms with van der Waals surface area (Å²) < 4.78 is 25.9. The van der Waals surface area contributed by atoms with Crippen LogP contribution < -0.4 is 0 Å². The monoisotopic (exact) mass is 247 g/mol. The second-order valence-electron chi connectivity index (χ2n) is 5.21. The fourth-order valence-electron chi connectivity index (χ4n) is 2.48. The van der Waals surface area contributed by atoms with Crippen LogP contribution in [-0.2, 0) is 10.0 Å². The van der Waals surface area contributed by atoms with E-state index in [1.54, 1.807) is 11.2 Å². The fourth-order valence-corrected chi connectivity index (χ4v) is 4.66. The van der Waals surface area contributed by atoms with Gasteiger partial charge in [-0.1, -0.05) is 0 Å². The fraction of sp³-hybridized carbons (Fsp3) is 1.00. The second kappa shape index (κ2) is 4.63. The van der Waals surface area contributed by atoms with E-state index in [4.69, 9.17) is 0 Å². The van der Waals surface area contributed by atoms with Crippen LogP contribution in [-0.4, -0.2) is 42.3 Å². The second-order valence-corrected chi connectivity index (χ2v) is 7.18. The van der Waals surface area contributed by atoms with E-state index in [9.17, 15) is 13.5 Å². The van der Waals surface area contributed by atoms with Gasteiger partial charge in [0.2, 0.25) is 10.0 Å². The van der Waals surface area contributed by atoms with Crippen LogP contribution in [0.2, 0.25) is 0 Å². The summed E-state index contributed by atoms with van der Waals surface area (Å²) in [7, 11) is -3.07. The molecule has 2 unspecified atom stereocenters. The highest BCUT2D eigenvalue weighted by atomic mass is 32.2. The van der Waals surface area contributed by atoms with Gasteiger partial charge in [0.05, 0.1) is 11.9 Å². The Labute approximate surface area is 97.7 Å². The van der Waals surface area contributed by atoms with E-state index < -0.39 is 16.1 Å². The number of nitrogens with zero attached hydrogens (tertiary/aromatic N) is 1. The molecule has 0 spiro atoms. The van der Waals surface area contributed by atoms with Crippen LogP contribution in [0, 0.1) is 5.92 Å². The molecule has 0 amide bonds. The molecule has 0 aromatic carbocycles. The lowest BCUT2D eigenvalue weighted by Crippen LogP contribution is -2.39. The van der Waals surface area contributed by atoms with E-state index in [1.165, 1.54) is 0 Å². The molecule has 1 N–H and O–H groups in total. The quantitative estimate of drug-likeness (QED) is 0.787. The molecule has 2 atom stereocenters. The van der Waals surface area contributed by atoms with E-state index in [2.05, 4.69) is 0 Å². The summed E-state index contributed by atoms with van der Waals surface area (Å²) in [6, 6.07) is 0.0312. The standard InChI is InChI=1S/C11H21NO3S/c1-9(13)7-11-3-2-6-12(11)16(14,15)8-10-4-5-10/h9-11,13H,2-8H2,1H3. The van der Waals surface area contributed by atoms with Crippen molar-refractivity contribution in [3.8, 4) is 0 Å². The number of aliphatic hydroxyl groups excluding tert-OH is 1. The number of hydrogen-bond donors (Lipinski definition) is 1. The summed E-state index contributed by atoms with van der Waals surface area (Å²) in [6.07, 6.45) is 4.11. The van der Waals surface area contributed by atoms with Crippen molar-refractivity contribution >= 4 is 10.0 Å². The van der Waals surface area contributed by atoms with Gasteiger partial charge in [0.15, 0.2) is 0 Å². The molecule has 2 fully saturated rings. The molecule has 1 saturated carbocycles. The van der Waals surface area contributed by atoms with Crippen molar-refractivity contribution in [1.29, 1.82) is 0 Å². The molecule has 94 valence electrons. The Kier molecular flexibility index (Phi) is 3.56. The lowest BCUT2D eigenvalue weighted by Gasteiger charge is -2.24. The van der Waals surface area contributed by atoms with Crippen LogP contribution in [0.25, 0.3) is 0 Å². The normalized spacial score (nSPS) is 29.5. The zero-order valence-corrected chi connectivity index (χ0v) is 10.6. The summed E-state index contributed by atoms with van der Waals surface area (Å²) >= 11 is 0. The predicted molar refractivity (Wildman–Crippen MR) is 62.5 cm³/mol. The zero-order valence-electron chi connectivity index (χ0n) is 9.80. The van der Waals surface area contributed by atoms with E-state index in [1.807, 2.05) is 0 Å². The average Bonchev–Trinajstić information content (AvgIpc) is 2.80. The summed E-state index contributed by atoms with van der Waals surface area (Å²) in [5.74, 6) is 0.723. The Morgan fingerprint density at radius 1 is 1.38 bits per heavy atom. The highest BCUT2D eigenvalue weighted by Gasteiger charge is 2.38. The van der Waals surface area contributed by atoms with Crippen LogP contribution >= 0.6 is 0 Å². The first-order valence-electron chi connectivity index (χ1n) is 6.16. The molecule has 1 aliphatic heterocycles. The van der Waals surface area contributed by atoms with Crippen molar-refractivity contribution in [2.75, 3.05) is 12.3 Å². The van der Waals surface area contributed by atoms with Crippen molar-refractivity contribution in [3.05, 3.63) is 0 Å². The molecule has 1 heterocycles. The van der Waals surface area contributed by atoms with E-state index in [-0.39, 0.29) is 6.04 Å². The first-order valence-corrected chi connectivity index (χ1v) is 7.77. The number of aliphatic hydroxyl groups is 1. The number of sulfonamides is 1. The van der Waals surface area contributed by atoms with Crippen LogP contribution in [0.15, 0.2) is 0 Å². The van der Waals surface area contributed by atoms with Crippen molar-refractivity contribution in [1.82, 2.24) is 4.31 Å². The minimum atomic E-state index is -3.07. The van der Waals surface area contributed by atoms with Gasteiger partial charge in [-0.15, -0.1) is 0 Å². The van der Waals surface area contributed by atoms with Crippen LogP contribution in [0.5, 0.6) is 0 Å². The third-order valence-corrected chi connectivity index (χ3v) is 5.52. The van der Waals surface area contributed by atoms with Gasteiger partial charge in [-0.25, -0.2) is 8.42 Å². The maximum absolute atomic E-state index is 12.1. The molecule has 16 heavy (non-hydrogen) atoms. The summed E-state index contributed by atoms with van der Waals surface area (Å²) in [6.45, 7) is 2.37. The molecule has 0 aromatic rings. The molecule has 0 aromatic heterocycles. The lowest BCUT2D eigenvalue weighted by atomic mass is 10.1. The van der Waals surface area contributed by atoms with Crippen molar-refractivity contribution in [2.45, 2.75) is 51.2 Å². The minimum Gasteiger partial charge on any atom is -0.393 e. The minimum absolute atomic E-state index is 0.0312. The highest BCUT2D eigenvalue weighted by molar-refractivity contribution is 7.89. The van der Waals surface area contributed by atoms with Gasteiger partial charge >= 0.3 is 0 Å². The molecule has 0 bridgehead atoms. The third kappa shape index (κ3) is 2.96. The number of rotatable bonds is 5. The van der Waals surface area contributed by atoms with Crippen LogP contribution in [0.4, 0.5) is 0 Å². The van der Waals surface area contributed by atoms with Crippen LogP contribution in [0.1, 0.15) is 39.0 Å². The largest absolute Gasteiger partial charge is 0.393 e. The van der Waals surface area contributed by atoms with Gasteiger partial charge in [0, 0.05) is 12.6 Å². The van der Waals surface area contributed by atoms with Gasteiger partial charge in [-0.05, 0) is 44.9 Å². The Balaban J connectivity index is 2.00. The average molecular weight is 247 g/mol. The van der Waals surface area contributed by atoms with Gasteiger partial charge in [-0.2, -0.15) is 4.31 Å². The molecular weight excluding hydrogens is 226 g/mol. The molecule has 2 aliphatic rings. The molecule has 4 nitrogen and oxygen atoms in total. The molecule has 1 saturated heterocycles. The molecule has 2 rings (SSSR count). The topological polar surface area (TPSA) is 57.6 Å². The molecule has 5 heteroatoms. The van der Waals surface area contributed by atoms with Crippen LogP contribution in [0.3, 0.4) is 0 Å². The van der Waals surface area contributed by atoms with Gasteiger partial charge in [-0.3, -0.25) is 0 Å².